The second-order valence-electron chi connectivity index (χ2n) is 3.93. The van der Waals surface area contributed by atoms with Gasteiger partial charge in [-0.25, -0.2) is 0 Å². The van der Waals surface area contributed by atoms with Gasteiger partial charge in [0.2, 0.25) is 0 Å². The fourth-order valence-electron chi connectivity index (χ4n) is 2.19. The molecule has 1 rings (SSSR count). The molecule has 0 unspecified atom stereocenters. The lowest BCUT2D eigenvalue weighted by atomic mass is 9.88. The lowest BCUT2D eigenvalue weighted by molar-refractivity contribution is 0.394. The maximum absolute atomic E-state index is 4.43. The third-order valence-corrected chi connectivity index (χ3v) is 3.06. The molecule has 13 heavy (non-hydrogen) atoms. The number of hydrogen-bond donors (Lipinski definition) is 0. The van der Waals surface area contributed by atoms with E-state index in [1.807, 2.05) is 7.05 Å². The first kappa shape index (κ1) is 10.6. The van der Waals surface area contributed by atoms with E-state index in [0.717, 1.165) is 12.5 Å². The lowest BCUT2D eigenvalue weighted by Crippen LogP contribution is -2.34. The molecule has 0 atom stereocenters. The first-order chi connectivity index (χ1) is 6.29. The molecule has 0 heterocycles. The van der Waals surface area contributed by atoms with Gasteiger partial charge in [-0.2, -0.15) is 0 Å². The van der Waals surface area contributed by atoms with E-state index in [-0.39, 0.29) is 0 Å². The minimum Gasteiger partial charge on any atom is -0.363 e. The standard InChI is InChI=1S/C11H22N2/c1-4-13(3)11(12-2)10-8-6-5-7-9-10/h10H,4-9H2,1-3H3/b12-11-. The van der Waals surface area contributed by atoms with Crippen LogP contribution in [-0.2, 0) is 0 Å². The molecule has 0 radical (unpaired) electrons. The van der Waals surface area contributed by atoms with Crippen molar-refractivity contribution in [3.8, 4) is 0 Å². The van der Waals surface area contributed by atoms with E-state index in [1.165, 1.54) is 37.9 Å². The summed E-state index contributed by atoms with van der Waals surface area (Å²) < 4.78 is 0. The van der Waals surface area contributed by atoms with Crippen LogP contribution in [0.5, 0.6) is 0 Å². The van der Waals surface area contributed by atoms with Gasteiger partial charge in [-0.3, -0.25) is 4.99 Å². The minimum atomic E-state index is 0.740. The van der Waals surface area contributed by atoms with Crippen molar-refractivity contribution >= 4 is 5.84 Å². The van der Waals surface area contributed by atoms with E-state index in [9.17, 15) is 0 Å². The van der Waals surface area contributed by atoms with Crippen LogP contribution in [0.15, 0.2) is 4.99 Å². The van der Waals surface area contributed by atoms with Gasteiger partial charge in [-0.1, -0.05) is 19.3 Å². The van der Waals surface area contributed by atoms with E-state index in [0.29, 0.717) is 0 Å². The third-order valence-electron chi connectivity index (χ3n) is 3.06. The molecule has 0 bridgehead atoms. The van der Waals surface area contributed by atoms with Gasteiger partial charge in [-0.05, 0) is 19.8 Å². The summed E-state index contributed by atoms with van der Waals surface area (Å²) in [5.41, 5.74) is 0. The van der Waals surface area contributed by atoms with Crippen LogP contribution in [0, 0.1) is 5.92 Å². The molecule has 0 aliphatic heterocycles. The first-order valence-electron chi connectivity index (χ1n) is 5.47. The monoisotopic (exact) mass is 182 g/mol. The summed E-state index contributed by atoms with van der Waals surface area (Å²) in [7, 11) is 4.08. The van der Waals surface area contributed by atoms with Crippen molar-refractivity contribution in [3.05, 3.63) is 0 Å². The van der Waals surface area contributed by atoms with E-state index < -0.39 is 0 Å². The molecule has 0 aromatic carbocycles. The molecule has 76 valence electrons. The van der Waals surface area contributed by atoms with Crippen LogP contribution in [-0.4, -0.2) is 31.4 Å². The van der Waals surface area contributed by atoms with Crippen LogP contribution < -0.4 is 0 Å². The molecule has 0 aromatic rings. The zero-order valence-corrected chi connectivity index (χ0v) is 9.21. The van der Waals surface area contributed by atoms with Crippen molar-refractivity contribution in [2.24, 2.45) is 10.9 Å². The molecule has 1 aliphatic carbocycles. The molecule has 0 N–H and O–H groups in total. The van der Waals surface area contributed by atoms with Crippen LogP contribution in [0.4, 0.5) is 0 Å². The molecule has 0 amide bonds. The number of hydrogen-bond acceptors (Lipinski definition) is 1. The number of rotatable bonds is 2. The number of amidine groups is 1. The van der Waals surface area contributed by atoms with E-state index in [4.69, 9.17) is 0 Å². The highest BCUT2D eigenvalue weighted by Crippen LogP contribution is 2.25. The molecular weight excluding hydrogens is 160 g/mol. The summed E-state index contributed by atoms with van der Waals surface area (Å²) in [4.78, 5) is 6.71. The molecule has 0 spiro atoms. The average molecular weight is 182 g/mol. The molecule has 0 saturated heterocycles. The fourth-order valence-corrected chi connectivity index (χ4v) is 2.19. The van der Waals surface area contributed by atoms with Crippen molar-refractivity contribution < 1.29 is 0 Å². The molecule has 2 heteroatoms. The van der Waals surface area contributed by atoms with Gasteiger partial charge in [0.1, 0.15) is 5.84 Å². The summed E-state index contributed by atoms with van der Waals surface area (Å²) in [6.45, 7) is 3.26. The summed E-state index contributed by atoms with van der Waals surface area (Å²) in [6, 6.07) is 0. The second-order valence-corrected chi connectivity index (χ2v) is 3.93. The Labute approximate surface area is 82.0 Å². The predicted molar refractivity (Wildman–Crippen MR) is 58.2 cm³/mol. The second kappa shape index (κ2) is 5.25. The van der Waals surface area contributed by atoms with Crippen LogP contribution in [0.1, 0.15) is 39.0 Å². The maximum Gasteiger partial charge on any atom is 0.101 e. The van der Waals surface area contributed by atoms with Crippen LogP contribution >= 0.6 is 0 Å². The molecule has 1 aliphatic rings. The highest BCUT2D eigenvalue weighted by Gasteiger charge is 2.20. The van der Waals surface area contributed by atoms with Crippen molar-refractivity contribution in [1.82, 2.24) is 4.90 Å². The van der Waals surface area contributed by atoms with E-state index >= 15 is 0 Å². The van der Waals surface area contributed by atoms with Gasteiger partial charge in [0.15, 0.2) is 0 Å². The highest BCUT2D eigenvalue weighted by atomic mass is 15.2. The summed E-state index contributed by atoms with van der Waals surface area (Å²) >= 11 is 0. The quantitative estimate of drug-likeness (QED) is 0.473. The van der Waals surface area contributed by atoms with Crippen LogP contribution in [0.25, 0.3) is 0 Å². The maximum atomic E-state index is 4.43. The Morgan fingerprint density at radius 2 is 1.92 bits per heavy atom. The van der Waals surface area contributed by atoms with Crippen LogP contribution in [0.3, 0.4) is 0 Å². The molecule has 2 nitrogen and oxygen atoms in total. The Bertz CT molecular complexity index is 169. The SMILES string of the molecule is CCN(C)/C(=N\C)C1CCCCC1. The van der Waals surface area contributed by atoms with Gasteiger partial charge >= 0.3 is 0 Å². The molecular formula is C11H22N2. The zero-order chi connectivity index (χ0) is 9.68. The molecule has 0 aromatic heterocycles. The van der Waals surface area contributed by atoms with Gasteiger partial charge in [-0.15, -0.1) is 0 Å². The third kappa shape index (κ3) is 2.71. The smallest absolute Gasteiger partial charge is 0.101 e. The summed E-state index contributed by atoms with van der Waals surface area (Å²) in [6.07, 6.45) is 6.89. The normalized spacial score (nSPS) is 20.4. The minimum absolute atomic E-state index is 0.740. The Kier molecular flexibility index (Phi) is 4.26. The van der Waals surface area contributed by atoms with Gasteiger partial charge < -0.3 is 4.90 Å². The topological polar surface area (TPSA) is 15.6 Å². The van der Waals surface area contributed by atoms with Gasteiger partial charge in [0.25, 0.3) is 0 Å². The predicted octanol–water partition coefficient (Wildman–Crippen LogP) is 2.55. The molecule has 1 saturated carbocycles. The van der Waals surface area contributed by atoms with E-state index in [2.05, 4.69) is 23.9 Å². The van der Waals surface area contributed by atoms with Gasteiger partial charge in [0.05, 0.1) is 0 Å². The largest absolute Gasteiger partial charge is 0.363 e. The Morgan fingerprint density at radius 3 is 2.38 bits per heavy atom. The van der Waals surface area contributed by atoms with Crippen molar-refractivity contribution in [3.63, 3.8) is 0 Å². The first-order valence-corrected chi connectivity index (χ1v) is 5.47. The highest BCUT2D eigenvalue weighted by molar-refractivity contribution is 5.84. The van der Waals surface area contributed by atoms with Crippen LogP contribution in [0.2, 0.25) is 0 Å². The van der Waals surface area contributed by atoms with Crippen molar-refractivity contribution in [2.45, 2.75) is 39.0 Å². The van der Waals surface area contributed by atoms with Gasteiger partial charge in [0, 0.05) is 26.6 Å². The molecule has 1 fully saturated rings. The lowest BCUT2D eigenvalue weighted by Gasteiger charge is -2.29. The zero-order valence-electron chi connectivity index (χ0n) is 9.21. The Hall–Kier alpha value is -0.530. The number of aliphatic imine (C=N–C) groups is 1. The Morgan fingerprint density at radius 1 is 1.31 bits per heavy atom. The van der Waals surface area contributed by atoms with Crippen molar-refractivity contribution in [1.29, 1.82) is 0 Å². The summed E-state index contributed by atoms with van der Waals surface area (Å²) in [5, 5.41) is 0. The van der Waals surface area contributed by atoms with E-state index in [1.54, 1.807) is 0 Å². The Balaban J connectivity index is 2.54. The summed E-state index contributed by atoms with van der Waals surface area (Å²) in [5.74, 6) is 2.06. The van der Waals surface area contributed by atoms with Crippen molar-refractivity contribution in [2.75, 3.05) is 20.6 Å². The fraction of sp³-hybridized carbons (Fsp3) is 0.909. The number of nitrogens with zero attached hydrogens (tertiary/aromatic N) is 2. The average Bonchev–Trinajstić information content (AvgIpc) is 2.20.